The van der Waals surface area contributed by atoms with Gasteiger partial charge in [0.2, 0.25) is 5.43 Å². The van der Waals surface area contributed by atoms with Crippen LogP contribution in [-0.2, 0) is 6.54 Å². The van der Waals surface area contributed by atoms with Crippen molar-refractivity contribution >= 4 is 28.4 Å². The zero-order valence-corrected chi connectivity index (χ0v) is 15.9. The number of carbonyl (C=O) groups excluding carboxylic acids is 1. The topological polar surface area (TPSA) is 42.3 Å². The Hall–Kier alpha value is -1.81. The molecule has 4 nitrogen and oxygen atoms in total. The number of pyridine rings is 1. The number of rotatable bonds is 3. The van der Waals surface area contributed by atoms with Crippen molar-refractivity contribution in [2.75, 3.05) is 13.1 Å². The minimum absolute atomic E-state index is 0.137. The lowest BCUT2D eigenvalue weighted by molar-refractivity contribution is 0.0541. The number of nitrogens with zero attached hydrogens (tertiary/aromatic N) is 2. The third-order valence-corrected chi connectivity index (χ3v) is 5.77. The highest BCUT2D eigenvalue weighted by atomic mass is 35.5. The van der Waals surface area contributed by atoms with Gasteiger partial charge in [0.15, 0.2) is 0 Å². The van der Waals surface area contributed by atoms with Crippen molar-refractivity contribution in [1.29, 1.82) is 0 Å². The molecule has 0 spiro atoms. The van der Waals surface area contributed by atoms with Gasteiger partial charge in [-0.3, -0.25) is 9.59 Å². The molecule has 134 valence electrons. The zero-order chi connectivity index (χ0) is 18.2. The quantitative estimate of drug-likeness (QED) is 0.817. The molecule has 0 aliphatic carbocycles. The lowest BCUT2D eigenvalue weighted by Gasteiger charge is -2.40. The standard InChI is InChI=1S/C20H25ClN2O2/c1-4-20(3)9-6-10-23(13-20)19(25)16-12-22(5-2)17-8-7-14(21)11-15(17)18(16)24/h7-8,11-12H,4-6,9-10,13H2,1-3H3. The number of amides is 1. The van der Waals surface area contributed by atoms with Gasteiger partial charge in [-0.15, -0.1) is 0 Å². The van der Waals surface area contributed by atoms with E-state index in [0.717, 1.165) is 24.8 Å². The summed E-state index contributed by atoms with van der Waals surface area (Å²) in [4.78, 5) is 27.9. The molecule has 1 aliphatic rings. The molecule has 25 heavy (non-hydrogen) atoms. The number of halogens is 1. The van der Waals surface area contributed by atoms with Crippen LogP contribution in [-0.4, -0.2) is 28.5 Å². The predicted molar refractivity (Wildman–Crippen MR) is 102 cm³/mol. The molecule has 2 heterocycles. The van der Waals surface area contributed by atoms with Gasteiger partial charge in [0.1, 0.15) is 5.56 Å². The van der Waals surface area contributed by atoms with Gasteiger partial charge in [0.05, 0.1) is 5.52 Å². The van der Waals surface area contributed by atoms with Gasteiger partial charge in [-0.25, -0.2) is 0 Å². The molecule has 5 heteroatoms. The Morgan fingerprint density at radius 1 is 1.32 bits per heavy atom. The predicted octanol–water partition coefficient (Wildman–Crippen LogP) is 4.33. The van der Waals surface area contributed by atoms with Crippen molar-refractivity contribution in [2.24, 2.45) is 5.41 Å². The minimum atomic E-state index is -0.226. The van der Waals surface area contributed by atoms with Gasteiger partial charge < -0.3 is 9.47 Å². The van der Waals surface area contributed by atoms with E-state index < -0.39 is 0 Å². The van der Waals surface area contributed by atoms with Gasteiger partial charge >= 0.3 is 0 Å². The summed E-state index contributed by atoms with van der Waals surface area (Å²) < 4.78 is 1.95. The average Bonchev–Trinajstić information content (AvgIpc) is 2.62. The largest absolute Gasteiger partial charge is 0.347 e. The molecule has 2 aromatic rings. The van der Waals surface area contributed by atoms with Crippen molar-refractivity contribution in [2.45, 2.75) is 46.6 Å². The van der Waals surface area contributed by atoms with Crippen molar-refractivity contribution < 1.29 is 4.79 Å². The fraction of sp³-hybridized carbons (Fsp3) is 0.500. The van der Waals surface area contributed by atoms with E-state index in [4.69, 9.17) is 11.6 Å². The summed E-state index contributed by atoms with van der Waals surface area (Å²) in [5, 5.41) is 1.02. The highest BCUT2D eigenvalue weighted by Gasteiger charge is 2.33. The maximum Gasteiger partial charge on any atom is 0.259 e. The zero-order valence-electron chi connectivity index (χ0n) is 15.1. The number of benzene rings is 1. The van der Waals surface area contributed by atoms with E-state index in [1.165, 1.54) is 0 Å². The fourth-order valence-corrected chi connectivity index (χ4v) is 3.90. The minimum Gasteiger partial charge on any atom is -0.347 e. The van der Waals surface area contributed by atoms with Crippen LogP contribution in [0.25, 0.3) is 10.9 Å². The Labute approximate surface area is 153 Å². The number of hydrogen-bond donors (Lipinski definition) is 0. The molecule has 1 aromatic carbocycles. The summed E-state index contributed by atoms with van der Waals surface area (Å²) in [7, 11) is 0. The Balaban J connectivity index is 2.07. The third-order valence-electron chi connectivity index (χ3n) is 5.54. The summed E-state index contributed by atoms with van der Waals surface area (Å²) in [6.07, 6.45) is 4.85. The first-order valence-electron chi connectivity index (χ1n) is 9.00. The molecule has 1 saturated heterocycles. The Bertz CT molecular complexity index is 874. The van der Waals surface area contributed by atoms with Crippen LogP contribution < -0.4 is 5.43 Å². The maximum absolute atomic E-state index is 13.1. The highest BCUT2D eigenvalue weighted by Crippen LogP contribution is 2.33. The van der Waals surface area contributed by atoms with Crippen molar-refractivity contribution in [3.8, 4) is 0 Å². The molecular weight excluding hydrogens is 336 g/mol. The van der Waals surface area contributed by atoms with Crippen molar-refractivity contribution in [3.05, 3.63) is 45.2 Å². The second-order valence-electron chi connectivity index (χ2n) is 7.31. The van der Waals surface area contributed by atoms with E-state index in [2.05, 4.69) is 13.8 Å². The van der Waals surface area contributed by atoms with E-state index in [-0.39, 0.29) is 22.3 Å². The highest BCUT2D eigenvalue weighted by molar-refractivity contribution is 6.31. The molecular formula is C20H25ClN2O2. The van der Waals surface area contributed by atoms with Gasteiger partial charge in [0.25, 0.3) is 5.91 Å². The summed E-state index contributed by atoms with van der Waals surface area (Å²) in [6, 6.07) is 5.27. The lowest BCUT2D eigenvalue weighted by Crippen LogP contribution is -2.45. The van der Waals surface area contributed by atoms with E-state index in [0.29, 0.717) is 30.0 Å². The summed E-state index contributed by atoms with van der Waals surface area (Å²) in [5.74, 6) is -0.159. The van der Waals surface area contributed by atoms with Gasteiger partial charge in [-0.2, -0.15) is 0 Å². The van der Waals surface area contributed by atoms with Crippen molar-refractivity contribution in [3.63, 3.8) is 0 Å². The SMILES string of the molecule is CCn1cc(C(=O)N2CCCC(C)(CC)C2)c(=O)c2cc(Cl)ccc21. The molecule has 1 atom stereocenters. The Kier molecular flexibility index (Phi) is 4.92. The van der Waals surface area contributed by atoms with Crippen LogP contribution in [0.5, 0.6) is 0 Å². The number of carbonyl (C=O) groups is 1. The fourth-order valence-electron chi connectivity index (χ4n) is 3.73. The Morgan fingerprint density at radius 3 is 2.76 bits per heavy atom. The first kappa shape index (κ1) is 18.0. The number of fused-ring (bicyclic) bond motifs is 1. The van der Waals surface area contributed by atoms with Crippen LogP contribution in [0.4, 0.5) is 0 Å². The number of hydrogen-bond acceptors (Lipinski definition) is 2. The van der Waals surface area contributed by atoms with E-state index in [1.807, 2.05) is 22.5 Å². The molecule has 0 bridgehead atoms. The number of piperidine rings is 1. The lowest BCUT2D eigenvalue weighted by atomic mass is 9.79. The molecule has 1 aliphatic heterocycles. The number of likely N-dealkylation sites (tertiary alicyclic amines) is 1. The van der Waals surface area contributed by atoms with Crippen LogP contribution in [0.2, 0.25) is 5.02 Å². The Morgan fingerprint density at radius 2 is 2.08 bits per heavy atom. The molecule has 1 amide bonds. The molecule has 0 N–H and O–H groups in total. The molecule has 1 aromatic heterocycles. The molecule has 1 unspecified atom stereocenters. The molecule has 0 saturated carbocycles. The third kappa shape index (κ3) is 3.32. The first-order chi connectivity index (χ1) is 11.9. The average molecular weight is 361 g/mol. The molecule has 3 rings (SSSR count). The number of aromatic nitrogens is 1. The summed E-state index contributed by atoms with van der Waals surface area (Å²) in [6.45, 7) is 8.50. The van der Waals surface area contributed by atoms with Crippen molar-refractivity contribution in [1.82, 2.24) is 9.47 Å². The number of aryl methyl sites for hydroxylation is 1. The van der Waals surface area contributed by atoms with Crippen LogP contribution in [0.3, 0.4) is 0 Å². The van der Waals surface area contributed by atoms with E-state index in [9.17, 15) is 9.59 Å². The van der Waals surface area contributed by atoms with E-state index in [1.54, 1.807) is 18.3 Å². The monoisotopic (exact) mass is 360 g/mol. The summed E-state index contributed by atoms with van der Waals surface area (Å²) >= 11 is 6.08. The van der Waals surface area contributed by atoms with Crippen LogP contribution in [0, 0.1) is 5.41 Å². The normalized spacial score (nSPS) is 20.9. The van der Waals surface area contributed by atoms with Crippen LogP contribution in [0.1, 0.15) is 50.4 Å². The first-order valence-corrected chi connectivity index (χ1v) is 9.38. The molecule has 1 fully saturated rings. The second-order valence-corrected chi connectivity index (χ2v) is 7.75. The van der Waals surface area contributed by atoms with Gasteiger partial charge in [-0.1, -0.05) is 25.4 Å². The van der Waals surface area contributed by atoms with Gasteiger partial charge in [-0.05, 0) is 49.8 Å². The van der Waals surface area contributed by atoms with Gasteiger partial charge in [0, 0.05) is 36.2 Å². The van der Waals surface area contributed by atoms with Crippen LogP contribution >= 0.6 is 11.6 Å². The summed E-state index contributed by atoms with van der Waals surface area (Å²) in [5.41, 5.74) is 0.969. The van der Waals surface area contributed by atoms with E-state index >= 15 is 0 Å². The second kappa shape index (κ2) is 6.83. The molecule has 0 radical (unpaired) electrons. The smallest absolute Gasteiger partial charge is 0.259 e. The maximum atomic E-state index is 13.1. The van der Waals surface area contributed by atoms with Crippen LogP contribution in [0.15, 0.2) is 29.2 Å².